The monoisotopic (exact) mass is 444 g/mol. The van der Waals surface area contributed by atoms with E-state index in [4.69, 9.17) is 14.2 Å². The number of methoxy groups -OCH3 is 1. The van der Waals surface area contributed by atoms with Gasteiger partial charge in [-0.2, -0.15) is 5.10 Å². The highest BCUT2D eigenvalue weighted by molar-refractivity contribution is 6.12. The van der Waals surface area contributed by atoms with Crippen molar-refractivity contribution < 1.29 is 28.6 Å². The van der Waals surface area contributed by atoms with Crippen LogP contribution in [0.25, 0.3) is 0 Å². The van der Waals surface area contributed by atoms with E-state index >= 15 is 0 Å². The summed E-state index contributed by atoms with van der Waals surface area (Å²) < 4.78 is 16.9. The highest BCUT2D eigenvalue weighted by atomic mass is 16.5. The van der Waals surface area contributed by atoms with Crippen molar-refractivity contribution in [2.45, 2.75) is 32.9 Å². The minimum atomic E-state index is -1.30. The zero-order chi connectivity index (χ0) is 23.3. The molecular weight excluding hydrogens is 416 g/mol. The van der Waals surface area contributed by atoms with Gasteiger partial charge in [-0.05, 0) is 45.0 Å². The first-order valence-corrected chi connectivity index (χ1v) is 10.4. The highest BCUT2D eigenvalue weighted by Gasteiger charge is 2.49. The average Bonchev–Trinajstić information content (AvgIpc) is 3.19. The Kier molecular flexibility index (Phi) is 7.14. The topological polar surface area (TPSA) is 112 Å². The van der Waals surface area contributed by atoms with E-state index in [1.807, 2.05) is 6.92 Å². The van der Waals surface area contributed by atoms with Gasteiger partial charge in [0.05, 0.1) is 26.4 Å². The lowest BCUT2D eigenvalue weighted by Crippen LogP contribution is -2.64. The fourth-order valence-corrected chi connectivity index (χ4v) is 3.61. The van der Waals surface area contributed by atoms with Gasteiger partial charge >= 0.3 is 5.97 Å². The van der Waals surface area contributed by atoms with Gasteiger partial charge in [0.15, 0.2) is 5.69 Å². The maximum Gasteiger partial charge on any atom is 0.358 e. The fraction of sp³-hybridized carbons (Fsp3) is 0.455. The van der Waals surface area contributed by atoms with Crippen LogP contribution in [0.5, 0.6) is 5.75 Å². The predicted octanol–water partition coefficient (Wildman–Crippen LogP) is 1.64. The molecule has 0 fully saturated rings. The Bertz CT molecular complexity index is 987. The molecule has 32 heavy (non-hydrogen) atoms. The van der Waals surface area contributed by atoms with Crippen LogP contribution in [0.3, 0.4) is 0 Å². The molecule has 0 radical (unpaired) electrons. The third-order valence-electron chi connectivity index (χ3n) is 5.12. The van der Waals surface area contributed by atoms with Crippen LogP contribution in [0, 0.1) is 0 Å². The zero-order valence-corrected chi connectivity index (χ0v) is 18.7. The lowest BCUT2D eigenvalue weighted by atomic mass is 9.94. The Labute approximate surface area is 186 Å². The van der Waals surface area contributed by atoms with E-state index in [1.165, 1.54) is 22.8 Å². The summed E-state index contributed by atoms with van der Waals surface area (Å²) >= 11 is 0. The summed E-state index contributed by atoms with van der Waals surface area (Å²) in [5, 5.41) is 7.04. The summed E-state index contributed by atoms with van der Waals surface area (Å²) in [4.78, 5) is 40.4. The van der Waals surface area contributed by atoms with E-state index in [1.54, 1.807) is 38.1 Å². The van der Waals surface area contributed by atoms with Crippen molar-refractivity contribution >= 4 is 23.5 Å². The molecular formula is C22H28N4O6. The van der Waals surface area contributed by atoms with Gasteiger partial charge in [-0.15, -0.1) is 0 Å². The molecule has 0 saturated carbocycles. The highest BCUT2D eigenvalue weighted by Crippen LogP contribution is 2.33. The van der Waals surface area contributed by atoms with Gasteiger partial charge in [0, 0.05) is 25.4 Å². The molecule has 2 heterocycles. The van der Waals surface area contributed by atoms with Crippen LogP contribution in [0.2, 0.25) is 0 Å². The van der Waals surface area contributed by atoms with Crippen molar-refractivity contribution in [2.75, 3.05) is 38.4 Å². The molecule has 1 aromatic heterocycles. The Balaban J connectivity index is 2.03. The van der Waals surface area contributed by atoms with Crippen LogP contribution in [0.15, 0.2) is 30.3 Å². The van der Waals surface area contributed by atoms with Crippen LogP contribution >= 0.6 is 0 Å². The van der Waals surface area contributed by atoms with Gasteiger partial charge in [-0.25, -0.2) is 4.79 Å². The van der Waals surface area contributed by atoms with Crippen molar-refractivity contribution in [3.05, 3.63) is 41.7 Å². The molecule has 0 saturated heterocycles. The number of carbonyl (C=O) groups is 3. The number of anilines is 1. The predicted molar refractivity (Wildman–Crippen MR) is 116 cm³/mol. The van der Waals surface area contributed by atoms with Gasteiger partial charge in [-0.1, -0.05) is 0 Å². The molecule has 3 rings (SSSR count). The number of ether oxygens (including phenoxy) is 3. The maximum atomic E-state index is 13.5. The second-order valence-electron chi connectivity index (χ2n) is 7.38. The number of carbonyl (C=O) groups excluding carboxylic acids is 3. The van der Waals surface area contributed by atoms with Gasteiger partial charge in [0.2, 0.25) is 5.91 Å². The Morgan fingerprint density at radius 2 is 1.91 bits per heavy atom. The number of nitrogens with zero attached hydrogens (tertiary/aromatic N) is 3. The number of fused-ring (bicyclic) bond motifs is 1. The van der Waals surface area contributed by atoms with E-state index in [-0.39, 0.29) is 37.0 Å². The summed E-state index contributed by atoms with van der Waals surface area (Å²) in [5.41, 5.74) is -0.564. The largest absolute Gasteiger partial charge is 0.494 e. The lowest BCUT2D eigenvalue weighted by molar-refractivity contribution is -0.126. The van der Waals surface area contributed by atoms with E-state index in [0.717, 1.165) is 0 Å². The van der Waals surface area contributed by atoms with Crippen LogP contribution < -0.4 is 15.0 Å². The molecule has 1 atom stereocenters. The first-order valence-electron chi connectivity index (χ1n) is 10.4. The third-order valence-corrected chi connectivity index (χ3v) is 5.12. The number of rotatable bonds is 9. The number of nitrogens with one attached hydrogen (secondary N) is 1. The number of amides is 2. The Morgan fingerprint density at radius 3 is 2.53 bits per heavy atom. The maximum absolute atomic E-state index is 13.5. The van der Waals surface area contributed by atoms with Gasteiger partial charge in [0.25, 0.3) is 5.91 Å². The molecule has 2 aromatic rings. The quantitative estimate of drug-likeness (QED) is 0.462. The zero-order valence-electron chi connectivity index (χ0n) is 18.7. The lowest BCUT2D eigenvalue weighted by Gasteiger charge is -2.43. The molecule has 0 unspecified atom stereocenters. The molecule has 0 aliphatic carbocycles. The minimum absolute atomic E-state index is 0.0193. The Hall–Kier alpha value is -3.40. The number of hydrogen-bond donors (Lipinski definition) is 1. The standard InChI is InChI=1S/C22H28N4O6/c1-5-31-16-9-7-15(8-10-16)26-19(27)18-13-17(20(28)32-6-2)24-25(18)14-22(26,3)21(29)23-11-12-30-4/h7-10,13H,5-6,11-12,14H2,1-4H3,(H,23,29)/t22-/m0/s1. The van der Waals surface area contributed by atoms with E-state index < -0.39 is 17.4 Å². The molecule has 1 aliphatic heterocycles. The number of benzene rings is 1. The Morgan fingerprint density at radius 1 is 1.19 bits per heavy atom. The minimum Gasteiger partial charge on any atom is -0.494 e. The summed E-state index contributed by atoms with van der Waals surface area (Å²) in [5.74, 6) is -0.786. The van der Waals surface area contributed by atoms with Gasteiger partial charge in [0.1, 0.15) is 17.0 Å². The third kappa shape index (κ3) is 4.45. The molecule has 1 N–H and O–H groups in total. The molecule has 172 valence electrons. The van der Waals surface area contributed by atoms with E-state index in [0.29, 0.717) is 24.7 Å². The number of esters is 1. The SMILES string of the molecule is CCOC(=O)c1cc2n(n1)C[C@@](C)(C(=O)NCCOC)N(c1ccc(OCC)cc1)C2=O. The molecule has 2 amide bonds. The van der Waals surface area contributed by atoms with E-state index in [9.17, 15) is 14.4 Å². The van der Waals surface area contributed by atoms with Crippen molar-refractivity contribution in [2.24, 2.45) is 0 Å². The first kappa shape index (κ1) is 23.3. The first-order chi connectivity index (χ1) is 15.3. The summed E-state index contributed by atoms with van der Waals surface area (Å²) in [7, 11) is 1.54. The second kappa shape index (κ2) is 9.82. The van der Waals surface area contributed by atoms with Crippen molar-refractivity contribution in [3.63, 3.8) is 0 Å². The molecule has 1 aromatic carbocycles. The number of aromatic nitrogens is 2. The van der Waals surface area contributed by atoms with Crippen LogP contribution in [0.4, 0.5) is 5.69 Å². The second-order valence-corrected chi connectivity index (χ2v) is 7.38. The van der Waals surface area contributed by atoms with Crippen LogP contribution in [-0.2, 0) is 20.8 Å². The van der Waals surface area contributed by atoms with Crippen LogP contribution in [-0.4, -0.2) is 66.6 Å². The normalized spacial score (nSPS) is 17.6. The molecule has 10 nitrogen and oxygen atoms in total. The summed E-state index contributed by atoms with van der Waals surface area (Å²) in [6.07, 6.45) is 0. The summed E-state index contributed by atoms with van der Waals surface area (Å²) in [6, 6.07) is 8.32. The van der Waals surface area contributed by atoms with Crippen molar-refractivity contribution in [3.8, 4) is 5.75 Å². The number of hydrogen-bond acceptors (Lipinski definition) is 7. The fourth-order valence-electron chi connectivity index (χ4n) is 3.61. The summed E-state index contributed by atoms with van der Waals surface area (Å²) in [6.45, 7) is 6.61. The van der Waals surface area contributed by atoms with Gasteiger partial charge < -0.3 is 19.5 Å². The molecule has 10 heteroatoms. The smallest absolute Gasteiger partial charge is 0.358 e. The van der Waals surface area contributed by atoms with E-state index in [2.05, 4.69) is 10.4 Å². The molecule has 0 bridgehead atoms. The molecule has 0 spiro atoms. The van der Waals surface area contributed by atoms with Gasteiger partial charge in [-0.3, -0.25) is 19.2 Å². The van der Waals surface area contributed by atoms with Crippen molar-refractivity contribution in [1.82, 2.24) is 15.1 Å². The average molecular weight is 444 g/mol. The van der Waals surface area contributed by atoms with Crippen LogP contribution in [0.1, 0.15) is 41.7 Å². The van der Waals surface area contributed by atoms with Crippen molar-refractivity contribution in [1.29, 1.82) is 0 Å². The molecule has 1 aliphatic rings.